The van der Waals surface area contributed by atoms with E-state index in [-0.39, 0.29) is 0 Å². The summed E-state index contributed by atoms with van der Waals surface area (Å²) in [4.78, 5) is 0. The van der Waals surface area contributed by atoms with Crippen molar-refractivity contribution in [1.82, 2.24) is 5.32 Å². The lowest BCUT2D eigenvalue weighted by molar-refractivity contribution is 0.564. The Hall–Kier alpha value is -0.120. The molecule has 0 aliphatic heterocycles. The predicted octanol–water partition coefficient (Wildman–Crippen LogP) is -1.12. The van der Waals surface area contributed by atoms with E-state index in [0.29, 0.717) is 19.1 Å². The molecule has 50 valence electrons. The average Bonchev–Trinajstić information content (AvgIpc) is 1.83. The Kier molecular flexibility index (Phi) is 4.95. The van der Waals surface area contributed by atoms with E-state index in [1.807, 2.05) is 6.92 Å². The number of hydrogen-bond donors (Lipinski definition) is 3. The Morgan fingerprint density at radius 3 is 2.50 bits per heavy atom. The van der Waals surface area contributed by atoms with Crippen LogP contribution in [-0.4, -0.2) is 25.7 Å². The summed E-state index contributed by atoms with van der Waals surface area (Å²) in [6.45, 7) is 4.26. The fourth-order valence-corrected chi connectivity index (χ4v) is 0.413. The zero-order valence-electron chi connectivity index (χ0n) is 5.35. The van der Waals surface area contributed by atoms with Gasteiger partial charge in [0.15, 0.2) is 0 Å². The van der Waals surface area contributed by atoms with Crippen LogP contribution in [0.4, 0.5) is 0 Å². The first-order valence-electron chi connectivity index (χ1n) is 2.94. The molecule has 8 heavy (non-hydrogen) atoms. The summed E-state index contributed by atoms with van der Waals surface area (Å²) in [6.07, 6.45) is 0. The molecule has 0 aromatic carbocycles. The predicted molar refractivity (Wildman–Crippen MR) is 35.6 cm³/mol. The molecule has 1 unspecified atom stereocenters. The molecule has 5 N–H and O–H groups in total. The standard InChI is InChI=1S/C5H15N3/c1-5(4-7)8-3-2-6/h5,8H,2-4,6-7H2,1H3. The molecule has 0 fully saturated rings. The van der Waals surface area contributed by atoms with Crippen LogP contribution in [0, 0.1) is 0 Å². The summed E-state index contributed by atoms with van der Waals surface area (Å²) < 4.78 is 0. The molecule has 0 radical (unpaired) electrons. The lowest BCUT2D eigenvalue weighted by Crippen LogP contribution is -2.36. The van der Waals surface area contributed by atoms with E-state index < -0.39 is 0 Å². The molecule has 0 bridgehead atoms. The van der Waals surface area contributed by atoms with Crippen molar-refractivity contribution in [1.29, 1.82) is 0 Å². The minimum absolute atomic E-state index is 0.401. The number of hydrogen-bond acceptors (Lipinski definition) is 3. The van der Waals surface area contributed by atoms with Crippen LogP contribution >= 0.6 is 0 Å². The summed E-state index contributed by atoms with van der Waals surface area (Å²) in [5, 5.41) is 3.13. The van der Waals surface area contributed by atoms with Crippen molar-refractivity contribution in [2.75, 3.05) is 19.6 Å². The van der Waals surface area contributed by atoms with Gasteiger partial charge in [-0.2, -0.15) is 0 Å². The van der Waals surface area contributed by atoms with Gasteiger partial charge in [-0.15, -0.1) is 0 Å². The van der Waals surface area contributed by atoms with Gasteiger partial charge in [-0.25, -0.2) is 0 Å². The van der Waals surface area contributed by atoms with Crippen LogP contribution in [0.15, 0.2) is 0 Å². The van der Waals surface area contributed by atoms with Crippen LogP contribution in [0.25, 0.3) is 0 Å². The largest absolute Gasteiger partial charge is 0.329 e. The number of nitrogens with one attached hydrogen (secondary N) is 1. The maximum absolute atomic E-state index is 5.31. The summed E-state index contributed by atoms with van der Waals surface area (Å²) in [7, 11) is 0. The molecule has 3 heteroatoms. The van der Waals surface area contributed by atoms with Gasteiger partial charge < -0.3 is 16.8 Å². The molecule has 0 saturated carbocycles. The number of rotatable bonds is 4. The maximum atomic E-state index is 5.31. The van der Waals surface area contributed by atoms with Gasteiger partial charge in [-0.3, -0.25) is 0 Å². The van der Waals surface area contributed by atoms with Crippen molar-refractivity contribution in [3.05, 3.63) is 0 Å². The highest BCUT2D eigenvalue weighted by Crippen LogP contribution is 1.71. The van der Waals surface area contributed by atoms with Gasteiger partial charge in [0.1, 0.15) is 0 Å². The first-order valence-corrected chi connectivity index (χ1v) is 2.94. The lowest BCUT2D eigenvalue weighted by atomic mass is 10.3. The lowest BCUT2D eigenvalue weighted by Gasteiger charge is -2.08. The Bertz CT molecular complexity index is 46.9. The van der Waals surface area contributed by atoms with Gasteiger partial charge in [0, 0.05) is 25.7 Å². The van der Waals surface area contributed by atoms with Crippen LogP contribution in [0.1, 0.15) is 6.92 Å². The molecule has 0 aromatic rings. The molecule has 0 aromatic heterocycles. The third-order valence-corrected chi connectivity index (χ3v) is 0.991. The van der Waals surface area contributed by atoms with E-state index in [1.54, 1.807) is 0 Å². The van der Waals surface area contributed by atoms with Crippen LogP contribution < -0.4 is 16.8 Å². The Morgan fingerprint density at radius 2 is 2.12 bits per heavy atom. The van der Waals surface area contributed by atoms with Crippen molar-refractivity contribution in [2.45, 2.75) is 13.0 Å². The highest BCUT2D eigenvalue weighted by molar-refractivity contribution is 4.59. The minimum Gasteiger partial charge on any atom is -0.329 e. The highest BCUT2D eigenvalue weighted by atomic mass is 14.9. The van der Waals surface area contributed by atoms with Crippen molar-refractivity contribution >= 4 is 0 Å². The molecule has 0 aliphatic carbocycles. The van der Waals surface area contributed by atoms with E-state index in [1.165, 1.54) is 0 Å². The van der Waals surface area contributed by atoms with E-state index in [0.717, 1.165) is 6.54 Å². The summed E-state index contributed by atoms with van der Waals surface area (Å²) in [5.41, 5.74) is 10.5. The fraction of sp³-hybridized carbons (Fsp3) is 1.00. The summed E-state index contributed by atoms with van der Waals surface area (Å²) in [5.74, 6) is 0. The second kappa shape index (κ2) is 5.03. The maximum Gasteiger partial charge on any atom is 0.0162 e. The molecule has 0 rings (SSSR count). The molecular formula is C5H15N3. The topological polar surface area (TPSA) is 64.1 Å². The first-order chi connectivity index (χ1) is 3.81. The van der Waals surface area contributed by atoms with Crippen molar-refractivity contribution in [2.24, 2.45) is 11.5 Å². The zero-order chi connectivity index (χ0) is 6.41. The zero-order valence-corrected chi connectivity index (χ0v) is 5.35. The van der Waals surface area contributed by atoms with Gasteiger partial charge in [-0.1, -0.05) is 0 Å². The molecule has 0 aliphatic rings. The van der Waals surface area contributed by atoms with Crippen LogP contribution in [0.5, 0.6) is 0 Å². The SMILES string of the molecule is CC(CN)NCCN. The molecule has 0 heterocycles. The quantitative estimate of drug-likeness (QED) is 0.437. The molecule has 0 spiro atoms. The van der Waals surface area contributed by atoms with Crippen LogP contribution in [-0.2, 0) is 0 Å². The normalized spacial score (nSPS) is 13.9. The Labute approximate surface area is 50.4 Å². The first kappa shape index (κ1) is 7.88. The minimum atomic E-state index is 0.401. The summed E-state index contributed by atoms with van der Waals surface area (Å²) >= 11 is 0. The monoisotopic (exact) mass is 117 g/mol. The van der Waals surface area contributed by atoms with Gasteiger partial charge in [-0.05, 0) is 6.92 Å². The molecule has 3 nitrogen and oxygen atoms in total. The van der Waals surface area contributed by atoms with E-state index in [2.05, 4.69) is 5.32 Å². The Morgan fingerprint density at radius 1 is 1.50 bits per heavy atom. The van der Waals surface area contributed by atoms with Crippen LogP contribution in [0.3, 0.4) is 0 Å². The van der Waals surface area contributed by atoms with Crippen LogP contribution in [0.2, 0.25) is 0 Å². The second-order valence-electron chi connectivity index (χ2n) is 1.88. The third kappa shape index (κ3) is 4.05. The van der Waals surface area contributed by atoms with Crippen molar-refractivity contribution in [3.8, 4) is 0 Å². The Balaban J connectivity index is 2.86. The average molecular weight is 117 g/mol. The fourth-order valence-electron chi connectivity index (χ4n) is 0.413. The van der Waals surface area contributed by atoms with Crippen molar-refractivity contribution < 1.29 is 0 Å². The molecular weight excluding hydrogens is 102 g/mol. The molecule has 1 atom stereocenters. The van der Waals surface area contributed by atoms with Gasteiger partial charge >= 0.3 is 0 Å². The van der Waals surface area contributed by atoms with Crippen molar-refractivity contribution in [3.63, 3.8) is 0 Å². The molecule has 0 saturated heterocycles. The van der Waals surface area contributed by atoms with E-state index >= 15 is 0 Å². The van der Waals surface area contributed by atoms with Gasteiger partial charge in [0.2, 0.25) is 0 Å². The van der Waals surface area contributed by atoms with E-state index in [4.69, 9.17) is 11.5 Å². The smallest absolute Gasteiger partial charge is 0.0162 e. The highest BCUT2D eigenvalue weighted by Gasteiger charge is 1.92. The van der Waals surface area contributed by atoms with E-state index in [9.17, 15) is 0 Å². The second-order valence-corrected chi connectivity index (χ2v) is 1.88. The molecule has 0 amide bonds. The summed E-state index contributed by atoms with van der Waals surface area (Å²) in [6, 6.07) is 0.401. The number of nitrogens with two attached hydrogens (primary N) is 2. The van der Waals surface area contributed by atoms with Gasteiger partial charge in [0.05, 0.1) is 0 Å². The van der Waals surface area contributed by atoms with Gasteiger partial charge in [0.25, 0.3) is 0 Å². The third-order valence-electron chi connectivity index (χ3n) is 0.991.